The van der Waals surface area contributed by atoms with E-state index in [1.165, 1.54) is 116 Å². The smallest absolute Gasteiger partial charge is 0.303 e. The summed E-state index contributed by atoms with van der Waals surface area (Å²) in [6.45, 7) is 5.96. The Kier molecular flexibility index (Phi) is 30.7. The highest BCUT2D eigenvalue weighted by atomic mass is 16.4. The lowest BCUT2D eigenvalue weighted by Crippen LogP contribution is -2.51. The maximum atomic E-state index is 11.0. The summed E-state index contributed by atoms with van der Waals surface area (Å²) >= 11 is 0. The lowest BCUT2D eigenvalue weighted by molar-refractivity contribution is -0.929. The van der Waals surface area contributed by atoms with Crippen LogP contribution in [0.25, 0.3) is 0 Å². The van der Waals surface area contributed by atoms with Gasteiger partial charge in [0, 0.05) is 19.3 Å². The molecule has 0 fully saturated rings. The lowest BCUT2D eigenvalue weighted by Gasteiger charge is -2.39. The molecule has 0 atom stereocenters. The Bertz CT molecular complexity index is 683. The van der Waals surface area contributed by atoms with Gasteiger partial charge in [-0.2, -0.15) is 0 Å². The molecule has 0 amide bonds. The van der Waals surface area contributed by atoms with Crippen LogP contribution in [0.5, 0.6) is 0 Å². The largest absolute Gasteiger partial charge is 0.481 e. The molecule has 0 aliphatic rings. The van der Waals surface area contributed by atoms with Gasteiger partial charge in [-0.25, -0.2) is 0 Å². The molecule has 0 aliphatic carbocycles. The molecule has 0 radical (unpaired) electrons. The van der Waals surface area contributed by atoms with E-state index in [9.17, 15) is 14.4 Å². The van der Waals surface area contributed by atoms with Crippen LogP contribution in [0.2, 0.25) is 0 Å². The summed E-state index contributed by atoms with van der Waals surface area (Å²) < 4.78 is 0.869. The molecular formula is C38H72NO6+. The number of aliphatic carboxylic acids is 3. The molecule has 0 aromatic heterocycles. The quantitative estimate of drug-likeness (QED) is 0.0358. The number of nitrogens with zero attached hydrogens (tertiary/aromatic N) is 1. The van der Waals surface area contributed by atoms with Crippen LogP contribution in [0.15, 0.2) is 12.2 Å². The average molecular weight is 639 g/mol. The van der Waals surface area contributed by atoms with Crippen molar-refractivity contribution >= 4 is 17.9 Å². The van der Waals surface area contributed by atoms with Gasteiger partial charge in [0.05, 0.1) is 26.2 Å². The molecule has 45 heavy (non-hydrogen) atoms. The summed E-state index contributed by atoms with van der Waals surface area (Å²) in [5.41, 5.74) is 0. The van der Waals surface area contributed by atoms with Crippen molar-refractivity contribution in [2.75, 3.05) is 26.2 Å². The summed E-state index contributed by atoms with van der Waals surface area (Å²) in [5.74, 6) is -2.30. The maximum Gasteiger partial charge on any atom is 0.303 e. The average Bonchev–Trinajstić information content (AvgIpc) is 3.00. The number of carboxylic acid groups (broad SMARTS) is 3. The minimum atomic E-state index is -0.766. The first-order valence-electron chi connectivity index (χ1n) is 19.0. The van der Waals surface area contributed by atoms with Gasteiger partial charge in [-0.05, 0) is 77.0 Å². The second kappa shape index (κ2) is 32.1. The van der Waals surface area contributed by atoms with E-state index in [2.05, 4.69) is 19.1 Å². The van der Waals surface area contributed by atoms with E-state index in [4.69, 9.17) is 15.3 Å². The number of unbranched alkanes of at least 4 members (excludes halogenated alkanes) is 20. The predicted octanol–water partition coefficient (Wildman–Crippen LogP) is 10.6. The number of rotatable bonds is 36. The monoisotopic (exact) mass is 639 g/mol. The molecule has 7 heteroatoms. The van der Waals surface area contributed by atoms with Crippen molar-refractivity contribution in [3.05, 3.63) is 12.2 Å². The third-order valence-corrected chi connectivity index (χ3v) is 9.21. The van der Waals surface area contributed by atoms with E-state index >= 15 is 0 Å². The maximum absolute atomic E-state index is 11.0. The molecule has 0 saturated carbocycles. The summed E-state index contributed by atoms with van der Waals surface area (Å²) in [5, 5.41) is 27.2. The summed E-state index contributed by atoms with van der Waals surface area (Å²) in [6, 6.07) is 0. The molecule has 7 nitrogen and oxygen atoms in total. The zero-order valence-electron chi connectivity index (χ0n) is 29.3. The van der Waals surface area contributed by atoms with Crippen molar-refractivity contribution in [1.82, 2.24) is 0 Å². The second-order valence-corrected chi connectivity index (χ2v) is 13.5. The van der Waals surface area contributed by atoms with Crippen LogP contribution in [-0.4, -0.2) is 63.9 Å². The van der Waals surface area contributed by atoms with E-state index in [-0.39, 0.29) is 19.3 Å². The Morgan fingerprint density at radius 3 is 0.978 bits per heavy atom. The van der Waals surface area contributed by atoms with Crippen molar-refractivity contribution in [2.45, 2.75) is 187 Å². The fourth-order valence-corrected chi connectivity index (χ4v) is 6.42. The van der Waals surface area contributed by atoms with E-state index in [0.717, 1.165) is 56.3 Å². The van der Waals surface area contributed by atoms with Crippen molar-refractivity contribution in [3.8, 4) is 0 Å². The molecule has 0 aromatic carbocycles. The van der Waals surface area contributed by atoms with Crippen LogP contribution in [0.4, 0.5) is 0 Å². The third kappa shape index (κ3) is 31.9. The highest BCUT2D eigenvalue weighted by Crippen LogP contribution is 2.20. The van der Waals surface area contributed by atoms with Gasteiger partial charge in [0.25, 0.3) is 0 Å². The minimum Gasteiger partial charge on any atom is -0.481 e. The van der Waals surface area contributed by atoms with Crippen molar-refractivity contribution in [3.63, 3.8) is 0 Å². The molecule has 0 rings (SSSR count). The number of carbonyl (C=O) groups is 3. The SMILES string of the molecule is CCCCCCCC/C=C/CCCCCCCCCCCCC[N+](CCCCC(=O)O)(CCCCC(=O)O)CCCCC(=O)O. The molecule has 0 unspecified atom stereocenters. The topological polar surface area (TPSA) is 112 Å². The molecule has 0 spiro atoms. The van der Waals surface area contributed by atoms with Gasteiger partial charge < -0.3 is 19.8 Å². The first kappa shape index (κ1) is 43.1. The lowest BCUT2D eigenvalue weighted by atomic mass is 10.0. The first-order valence-corrected chi connectivity index (χ1v) is 19.0. The molecule has 0 saturated heterocycles. The molecule has 0 bridgehead atoms. The van der Waals surface area contributed by atoms with Gasteiger partial charge in [0.1, 0.15) is 0 Å². The first-order chi connectivity index (χ1) is 21.8. The van der Waals surface area contributed by atoms with E-state index < -0.39 is 17.9 Å². The van der Waals surface area contributed by atoms with E-state index in [1.54, 1.807) is 0 Å². The standard InChI is InChI=1S/C38H71NO6/c1-2-3-4-5-6-7-8-9-10-11-12-13-14-15-16-17-18-19-20-21-25-32-39(33-26-22-29-36(40)41,34-27-23-30-37(42)43)35-28-24-31-38(44)45/h9-10H,2-8,11-35H2,1H3,(H2-,40,41,42,43,44,45)/p+1/b10-9+. The van der Waals surface area contributed by atoms with Crippen molar-refractivity contribution in [1.29, 1.82) is 0 Å². The van der Waals surface area contributed by atoms with Crippen LogP contribution in [-0.2, 0) is 14.4 Å². The second-order valence-electron chi connectivity index (χ2n) is 13.5. The number of hydrogen-bond donors (Lipinski definition) is 3. The Hall–Kier alpha value is -1.89. The van der Waals surface area contributed by atoms with Crippen LogP contribution in [0, 0.1) is 0 Å². The highest BCUT2D eigenvalue weighted by molar-refractivity contribution is 5.67. The Morgan fingerprint density at radius 2 is 0.667 bits per heavy atom. The molecule has 0 aliphatic heterocycles. The zero-order chi connectivity index (χ0) is 33.3. The fourth-order valence-electron chi connectivity index (χ4n) is 6.42. The Morgan fingerprint density at radius 1 is 0.400 bits per heavy atom. The van der Waals surface area contributed by atoms with Gasteiger partial charge in [-0.15, -0.1) is 0 Å². The molecular weight excluding hydrogens is 566 g/mol. The predicted molar refractivity (Wildman–Crippen MR) is 187 cm³/mol. The van der Waals surface area contributed by atoms with Crippen LogP contribution in [0.1, 0.15) is 187 Å². The minimum absolute atomic E-state index is 0.175. The summed E-state index contributed by atoms with van der Waals surface area (Å²) in [4.78, 5) is 33.1. The Labute approximate surface area is 276 Å². The molecule has 0 heterocycles. The summed E-state index contributed by atoms with van der Waals surface area (Å²) in [7, 11) is 0. The highest BCUT2D eigenvalue weighted by Gasteiger charge is 2.26. The van der Waals surface area contributed by atoms with Gasteiger partial charge >= 0.3 is 17.9 Å². The molecule has 0 aromatic rings. The van der Waals surface area contributed by atoms with Crippen LogP contribution >= 0.6 is 0 Å². The third-order valence-electron chi connectivity index (χ3n) is 9.21. The number of quaternary nitrogens is 1. The Balaban J connectivity index is 4.20. The van der Waals surface area contributed by atoms with Crippen LogP contribution in [0.3, 0.4) is 0 Å². The molecule has 264 valence electrons. The van der Waals surface area contributed by atoms with Crippen molar-refractivity contribution in [2.24, 2.45) is 0 Å². The fraction of sp³-hybridized carbons (Fsp3) is 0.868. The van der Waals surface area contributed by atoms with E-state index in [0.29, 0.717) is 19.3 Å². The number of hydrogen-bond acceptors (Lipinski definition) is 3. The van der Waals surface area contributed by atoms with Gasteiger partial charge in [0.2, 0.25) is 0 Å². The zero-order valence-corrected chi connectivity index (χ0v) is 29.3. The summed E-state index contributed by atoms with van der Waals surface area (Å²) in [6.07, 6.45) is 34.7. The normalized spacial score (nSPS) is 11.8. The van der Waals surface area contributed by atoms with Gasteiger partial charge in [0.15, 0.2) is 0 Å². The molecule has 3 N–H and O–H groups in total. The van der Waals surface area contributed by atoms with Gasteiger partial charge in [-0.3, -0.25) is 14.4 Å². The van der Waals surface area contributed by atoms with E-state index in [1.807, 2.05) is 0 Å². The number of allylic oxidation sites excluding steroid dienone is 2. The van der Waals surface area contributed by atoms with Crippen molar-refractivity contribution < 1.29 is 34.2 Å². The van der Waals surface area contributed by atoms with Gasteiger partial charge in [-0.1, -0.05) is 103 Å². The number of carboxylic acids is 3. The van der Waals surface area contributed by atoms with Crippen LogP contribution < -0.4 is 0 Å².